The molecule has 0 saturated carbocycles. The van der Waals surface area contributed by atoms with E-state index < -0.39 is 0 Å². The maximum Gasteiger partial charge on any atom is 0.0975 e. The van der Waals surface area contributed by atoms with Gasteiger partial charge in [-0.3, -0.25) is 0 Å². The number of rotatable bonds is 0. The minimum Gasteiger partial charge on any atom is -0.352 e. The van der Waals surface area contributed by atoms with Crippen LogP contribution in [0.4, 0.5) is 0 Å². The van der Waals surface area contributed by atoms with Gasteiger partial charge in [0, 0.05) is 11.1 Å². The topological polar surface area (TPSA) is 15.8 Å². The van der Waals surface area contributed by atoms with Crippen LogP contribution in [0.5, 0.6) is 0 Å². The van der Waals surface area contributed by atoms with E-state index in [4.69, 9.17) is 0 Å². The van der Waals surface area contributed by atoms with Crippen molar-refractivity contribution >= 4 is 10.9 Å². The van der Waals surface area contributed by atoms with Crippen LogP contribution in [-0.2, 0) is 0 Å². The highest BCUT2D eigenvalue weighted by molar-refractivity contribution is 5.81. The fraction of sp³-hybridized carbons (Fsp3) is 0.200. The number of aryl methyl sites for hydroxylation is 2. The molecule has 0 bridgehead atoms. The molecule has 0 fully saturated rings. The second kappa shape index (κ2) is 2.03. The third kappa shape index (κ3) is 0.877. The van der Waals surface area contributed by atoms with Gasteiger partial charge < -0.3 is 4.98 Å². The van der Waals surface area contributed by atoms with E-state index in [0.29, 0.717) is 0 Å². The van der Waals surface area contributed by atoms with Gasteiger partial charge >= 0.3 is 0 Å². The second-order valence-electron chi connectivity index (χ2n) is 2.84. The number of hydrogen-bond acceptors (Lipinski definition) is 0. The first-order valence-corrected chi connectivity index (χ1v) is 3.65. The molecule has 2 aromatic rings. The largest absolute Gasteiger partial charge is 0.352 e. The van der Waals surface area contributed by atoms with Crippen LogP contribution in [0.1, 0.15) is 11.3 Å². The minimum absolute atomic E-state index is 1.06. The van der Waals surface area contributed by atoms with Gasteiger partial charge in [0.1, 0.15) is 0 Å². The van der Waals surface area contributed by atoms with Crippen LogP contribution in [0.3, 0.4) is 0 Å². The zero-order chi connectivity index (χ0) is 7.84. The predicted octanol–water partition coefficient (Wildman–Crippen LogP) is 2.39. The Morgan fingerprint density at radius 2 is 2.18 bits per heavy atom. The van der Waals surface area contributed by atoms with Gasteiger partial charge in [0.15, 0.2) is 0 Å². The van der Waals surface area contributed by atoms with Gasteiger partial charge in [0.25, 0.3) is 0 Å². The van der Waals surface area contributed by atoms with Crippen LogP contribution >= 0.6 is 0 Å². The average Bonchev–Trinajstić information content (AvgIpc) is 2.31. The highest BCUT2D eigenvalue weighted by atomic mass is 14.7. The van der Waals surface area contributed by atoms with E-state index >= 15 is 0 Å². The Kier molecular flexibility index (Phi) is 1.16. The van der Waals surface area contributed by atoms with Crippen molar-refractivity contribution in [1.29, 1.82) is 0 Å². The van der Waals surface area contributed by atoms with Crippen LogP contribution < -0.4 is 0 Å². The number of aromatic amines is 1. The SMILES string of the molecule is Cc1cc2c(C)cc#cc2[nH]1. The Bertz CT molecular complexity index is 385. The molecule has 0 radical (unpaired) electrons. The molecule has 11 heavy (non-hydrogen) atoms. The summed E-state index contributed by atoms with van der Waals surface area (Å²) in [6.45, 7) is 4.13. The lowest BCUT2D eigenvalue weighted by molar-refractivity contribution is 1.30. The van der Waals surface area contributed by atoms with Crippen molar-refractivity contribution in [1.82, 2.24) is 4.98 Å². The maximum absolute atomic E-state index is 3.21. The molecule has 54 valence electrons. The van der Waals surface area contributed by atoms with Crippen LogP contribution in [0, 0.1) is 26.0 Å². The fourth-order valence-corrected chi connectivity index (χ4v) is 1.29. The first-order valence-electron chi connectivity index (χ1n) is 3.65. The van der Waals surface area contributed by atoms with Gasteiger partial charge in [-0.1, -0.05) is 6.07 Å². The molecule has 0 aliphatic rings. The molecule has 2 rings (SSSR count). The van der Waals surface area contributed by atoms with Crippen molar-refractivity contribution in [2.45, 2.75) is 13.8 Å². The molecule has 1 heterocycles. The molecule has 1 nitrogen and oxygen atoms in total. The summed E-state index contributed by atoms with van der Waals surface area (Å²) in [5.41, 5.74) is 3.49. The average molecular weight is 143 g/mol. The van der Waals surface area contributed by atoms with Crippen molar-refractivity contribution in [2.75, 3.05) is 0 Å². The lowest BCUT2D eigenvalue weighted by Crippen LogP contribution is -1.69. The Morgan fingerprint density at radius 1 is 1.36 bits per heavy atom. The highest BCUT2D eigenvalue weighted by Crippen LogP contribution is 2.15. The van der Waals surface area contributed by atoms with Gasteiger partial charge in [0.05, 0.1) is 5.52 Å². The molecular weight excluding hydrogens is 134 g/mol. The first kappa shape index (κ1) is 6.30. The number of nitrogens with one attached hydrogen (secondary N) is 1. The van der Waals surface area contributed by atoms with Crippen molar-refractivity contribution in [3.8, 4) is 0 Å². The molecule has 0 spiro atoms. The molecule has 1 heteroatoms. The molecule has 0 saturated heterocycles. The third-order valence-corrected chi connectivity index (χ3v) is 1.86. The zero-order valence-corrected chi connectivity index (χ0v) is 6.65. The standard InChI is InChI=1S/C10H9N/c1-7-4-3-5-10-9(7)6-8(2)11-10/h4,6,11H,1-2H3. The van der Waals surface area contributed by atoms with Crippen LogP contribution in [0.2, 0.25) is 0 Å². The van der Waals surface area contributed by atoms with Crippen molar-refractivity contribution in [3.63, 3.8) is 0 Å². The Labute approximate surface area is 66.1 Å². The van der Waals surface area contributed by atoms with E-state index in [1.807, 2.05) is 13.0 Å². The summed E-state index contributed by atoms with van der Waals surface area (Å²) < 4.78 is 0. The summed E-state index contributed by atoms with van der Waals surface area (Å²) in [5, 5.41) is 1.25. The molecule has 0 aliphatic heterocycles. The van der Waals surface area contributed by atoms with Crippen molar-refractivity contribution in [3.05, 3.63) is 35.5 Å². The monoisotopic (exact) mass is 143 g/mol. The van der Waals surface area contributed by atoms with E-state index in [2.05, 4.69) is 30.1 Å². The Balaban J connectivity index is 2.90. The van der Waals surface area contributed by atoms with Crippen molar-refractivity contribution in [2.24, 2.45) is 0 Å². The van der Waals surface area contributed by atoms with Gasteiger partial charge in [-0.2, -0.15) is 0 Å². The summed E-state index contributed by atoms with van der Waals surface area (Å²) in [6, 6.07) is 10.1. The summed E-state index contributed by atoms with van der Waals surface area (Å²) in [5.74, 6) is 0. The normalized spacial score (nSPS) is 10.0. The number of fused-ring (bicyclic) bond motifs is 1. The summed E-state index contributed by atoms with van der Waals surface area (Å²) in [4.78, 5) is 3.21. The maximum atomic E-state index is 3.21. The lowest BCUT2D eigenvalue weighted by atomic mass is 10.2. The first-order chi connectivity index (χ1) is 5.27. The van der Waals surface area contributed by atoms with Gasteiger partial charge in [-0.25, -0.2) is 0 Å². The van der Waals surface area contributed by atoms with Crippen LogP contribution in [0.25, 0.3) is 10.9 Å². The second-order valence-corrected chi connectivity index (χ2v) is 2.84. The highest BCUT2D eigenvalue weighted by Gasteiger charge is 1.97. The number of aromatic nitrogens is 1. The van der Waals surface area contributed by atoms with Gasteiger partial charge in [-0.05, 0) is 37.6 Å². The molecule has 0 aliphatic carbocycles. The van der Waals surface area contributed by atoms with Crippen molar-refractivity contribution < 1.29 is 0 Å². The van der Waals surface area contributed by atoms with E-state index in [-0.39, 0.29) is 0 Å². The minimum atomic E-state index is 1.06. The lowest BCUT2D eigenvalue weighted by Gasteiger charge is -1.87. The quantitative estimate of drug-likeness (QED) is 0.582. The Morgan fingerprint density at radius 3 is 2.91 bits per heavy atom. The summed E-state index contributed by atoms with van der Waals surface area (Å²) >= 11 is 0. The van der Waals surface area contributed by atoms with E-state index in [0.717, 1.165) is 5.52 Å². The van der Waals surface area contributed by atoms with Gasteiger partial charge in [-0.15, -0.1) is 0 Å². The number of hydrogen-bond donors (Lipinski definition) is 1. The fourth-order valence-electron chi connectivity index (χ4n) is 1.29. The van der Waals surface area contributed by atoms with E-state index in [9.17, 15) is 0 Å². The van der Waals surface area contributed by atoms with Crippen LogP contribution in [-0.4, -0.2) is 4.98 Å². The molecule has 0 atom stereocenters. The van der Waals surface area contributed by atoms with Crippen LogP contribution in [0.15, 0.2) is 12.1 Å². The molecule has 1 N–H and O–H groups in total. The summed E-state index contributed by atoms with van der Waals surface area (Å²) in [6.07, 6.45) is 0. The third-order valence-electron chi connectivity index (χ3n) is 1.86. The number of H-pyrrole nitrogens is 1. The molecule has 0 amide bonds. The Hall–Kier alpha value is -1.42. The summed E-state index contributed by atoms with van der Waals surface area (Å²) in [7, 11) is 0. The molecule has 0 unspecified atom stereocenters. The molecular formula is C10H9N. The van der Waals surface area contributed by atoms with E-state index in [1.54, 1.807) is 0 Å². The predicted molar refractivity (Wildman–Crippen MR) is 45.4 cm³/mol. The molecule has 1 aromatic carbocycles. The van der Waals surface area contributed by atoms with E-state index in [1.165, 1.54) is 16.6 Å². The van der Waals surface area contributed by atoms with Gasteiger partial charge in [0.2, 0.25) is 0 Å². The smallest absolute Gasteiger partial charge is 0.0975 e. The molecule has 1 aromatic heterocycles. The zero-order valence-electron chi connectivity index (χ0n) is 6.65.